The van der Waals surface area contributed by atoms with E-state index in [4.69, 9.17) is 0 Å². The summed E-state index contributed by atoms with van der Waals surface area (Å²) in [5, 5.41) is 0. The van der Waals surface area contributed by atoms with E-state index >= 15 is 0 Å². The quantitative estimate of drug-likeness (QED) is 0.142. The van der Waals surface area contributed by atoms with Crippen LogP contribution < -0.4 is 0 Å². The van der Waals surface area contributed by atoms with Crippen molar-refractivity contribution in [2.45, 2.75) is 137 Å². The van der Waals surface area contributed by atoms with Crippen LogP contribution >= 0.6 is 0 Å². The maximum atomic E-state index is 13.4. The van der Waals surface area contributed by atoms with Gasteiger partial charge in [-0.05, 0) is 0 Å². The van der Waals surface area contributed by atoms with Crippen molar-refractivity contribution in [1.29, 1.82) is 0 Å². The average molecular weight is 598 g/mol. The number of hydrogen-bond acceptors (Lipinski definition) is 6. The Morgan fingerprint density at radius 1 is 0.350 bits per heavy atom. The topological polar surface area (TPSA) is 102 Å². The predicted molar refractivity (Wildman–Crippen MR) is 158 cm³/mol. The second kappa shape index (κ2) is 13.4. The SMILES string of the molecule is CC(C)(C)C(=O)CC(=O)C(C)(C)[CH2][Ti]([CH2]C(C)(C)C(=O)CC(=O)C(C)(C)C)[CH2]C(C)(C)C(=O)CC(=O)C(C)(C)C. The number of Topliss-reactive ketones (excluding diaryl/α,β-unsaturated/α-hetero) is 6. The van der Waals surface area contributed by atoms with E-state index in [0.717, 1.165) is 0 Å². The Labute approximate surface area is 250 Å². The fourth-order valence-electron chi connectivity index (χ4n) is 4.31. The van der Waals surface area contributed by atoms with Gasteiger partial charge in [0, 0.05) is 0 Å². The van der Waals surface area contributed by atoms with Gasteiger partial charge in [-0.3, -0.25) is 0 Å². The molecular weight excluding hydrogens is 540 g/mol. The van der Waals surface area contributed by atoms with E-state index in [1.165, 1.54) is 0 Å². The van der Waals surface area contributed by atoms with Crippen LogP contribution in [0.1, 0.15) is 123 Å². The normalized spacial score (nSPS) is 13.6. The summed E-state index contributed by atoms with van der Waals surface area (Å²) in [6.45, 7) is 27.3. The van der Waals surface area contributed by atoms with Crippen molar-refractivity contribution in [3.63, 3.8) is 0 Å². The molecule has 0 aromatic heterocycles. The van der Waals surface area contributed by atoms with E-state index in [9.17, 15) is 28.8 Å². The number of carbonyl (C=O) groups is 6. The van der Waals surface area contributed by atoms with Gasteiger partial charge in [-0.15, -0.1) is 0 Å². The van der Waals surface area contributed by atoms with E-state index in [1.807, 2.05) is 41.5 Å². The molecule has 0 heterocycles. The van der Waals surface area contributed by atoms with Gasteiger partial charge in [-0.1, -0.05) is 0 Å². The fourth-order valence-corrected chi connectivity index (χ4v) is 11.7. The van der Waals surface area contributed by atoms with Crippen LogP contribution in [0.3, 0.4) is 0 Å². The van der Waals surface area contributed by atoms with E-state index in [-0.39, 0.29) is 54.0 Å². The number of hydrogen-bond donors (Lipinski definition) is 0. The zero-order chi connectivity index (χ0) is 32.3. The Kier molecular flexibility index (Phi) is 12.9. The molecule has 40 heavy (non-hydrogen) atoms. The van der Waals surface area contributed by atoms with E-state index in [0.29, 0.717) is 14.2 Å². The Bertz CT molecular complexity index is 865. The van der Waals surface area contributed by atoms with Gasteiger partial charge in [0.05, 0.1) is 0 Å². The Hall–Kier alpha value is -1.27. The molecule has 0 saturated heterocycles. The van der Waals surface area contributed by atoms with Crippen molar-refractivity contribution >= 4 is 34.7 Å². The Morgan fingerprint density at radius 2 is 0.525 bits per heavy atom. The summed E-state index contributed by atoms with van der Waals surface area (Å²) in [7, 11) is 0. The van der Waals surface area contributed by atoms with Gasteiger partial charge < -0.3 is 0 Å². The van der Waals surface area contributed by atoms with Crippen molar-refractivity contribution in [1.82, 2.24) is 0 Å². The molecule has 7 heteroatoms. The molecule has 0 fully saturated rings. The zero-order valence-electron chi connectivity index (χ0n) is 28.2. The van der Waals surface area contributed by atoms with Crippen LogP contribution in [0.4, 0.5) is 0 Å². The minimum absolute atomic E-state index is 0.112. The summed E-state index contributed by atoms with van der Waals surface area (Å²) in [5.74, 6) is -0.719. The molecule has 0 bridgehead atoms. The third-order valence-electron chi connectivity index (χ3n) is 7.81. The molecule has 0 aliphatic carbocycles. The van der Waals surface area contributed by atoms with Gasteiger partial charge in [0.25, 0.3) is 0 Å². The summed E-state index contributed by atoms with van der Waals surface area (Å²) in [6, 6.07) is 0. The molecule has 0 spiro atoms. The summed E-state index contributed by atoms with van der Waals surface area (Å²) in [4.78, 5) is 78.0. The van der Waals surface area contributed by atoms with Crippen molar-refractivity contribution in [2.24, 2.45) is 32.5 Å². The van der Waals surface area contributed by atoms with Gasteiger partial charge in [0.1, 0.15) is 0 Å². The molecule has 0 unspecified atom stereocenters. The standard InChI is InChI=1S/3C11H19O2.Ti/c3*1-10(2,3)8(12)7-9(13)11(4,5)6;/h3*1,7H2,2-6H3;. The monoisotopic (exact) mass is 597 g/mol. The molecule has 0 aliphatic heterocycles. The van der Waals surface area contributed by atoms with Crippen molar-refractivity contribution in [2.75, 3.05) is 0 Å². The van der Waals surface area contributed by atoms with Crippen LogP contribution in [-0.4, -0.2) is 34.7 Å². The third-order valence-corrected chi connectivity index (χ3v) is 14.3. The molecule has 0 aliphatic rings. The molecule has 0 amide bonds. The second-order valence-electron chi connectivity index (χ2n) is 16.8. The van der Waals surface area contributed by atoms with Crippen LogP contribution in [0.2, 0.25) is 14.2 Å². The van der Waals surface area contributed by atoms with Crippen molar-refractivity contribution in [3.05, 3.63) is 0 Å². The number of ketones is 6. The summed E-state index contributed by atoms with van der Waals surface area (Å²) >= 11 is -2.39. The molecule has 229 valence electrons. The third kappa shape index (κ3) is 12.3. The fraction of sp³-hybridized carbons (Fsp3) is 0.818. The first-order valence-electron chi connectivity index (χ1n) is 14.5. The van der Waals surface area contributed by atoms with Gasteiger partial charge in [0.15, 0.2) is 0 Å². The molecule has 0 N–H and O–H groups in total. The number of carbonyl (C=O) groups excluding carboxylic acids is 6. The van der Waals surface area contributed by atoms with E-state index < -0.39 is 50.4 Å². The second-order valence-corrected chi connectivity index (χ2v) is 20.7. The van der Waals surface area contributed by atoms with Crippen LogP contribution in [0, 0.1) is 32.5 Å². The van der Waals surface area contributed by atoms with Gasteiger partial charge in [0.2, 0.25) is 0 Å². The molecular formula is C33H57O6Ti. The van der Waals surface area contributed by atoms with Gasteiger partial charge in [-0.25, -0.2) is 0 Å². The van der Waals surface area contributed by atoms with E-state index in [1.54, 1.807) is 62.3 Å². The minimum atomic E-state index is -2.39. The van der Waals surface area contributed by atoms with Crippen molar-refractivity contribution in [3.8, 4) is 0 Å². The summed E-state index contributed by atoms with van der Waals surface area (Å²) in [5.41, 5.74) is -4.24. The molecule has 6 nitrogen and oxygen atoms in total. The molecule has 0 aromatic carbocycles. The first-order chi connectivity index (χ1) is 17.4. The van der Waals surface area contributed by atoms with E-state index in [2.05, 4.69) is 0 Å². The first kappa shape index (κ1) is 38.7. The number of rotatable bonds is 15. The molecule has 0 saturated carbocycles. The Balaban J connectivity index is 6.21. The van der Waals surface area contributed by atoms with Crippen LogP contribution in [0.25, 0.3) is 0 Å². The van der Waals surface area contributed by atoms with Crippen LogP contribution in [-0.2, 0) is 46.6 Å². The molecule has 0 radical (unpaired) electrons. The predicted octanol–water partition coefficient (Wildman–Crippen LogP) is 7.66. The Morgan fingerprint density at radius 3 is 0.675 bits per heavy atom. The van der Waals surface area contributed by atoms with Gasteiger partial charge in [-0.2, -0.15) is 0 Å². The average Bonchev–Trinajstić information content (AvgIpc) is 2.70. The molecule has 0 atom stereocenters. The first-order valence-corrected chi connectivity index (χ1v) is 17.8. The van der Waals surface area contributed by atoms with Crippen LogP contribution in [0.15, 0.2) is 0 Å². The maximum absolute atomic E-state index is 13.4. The summed E-state index contributed by atoms with van der Waals surface area (Å²) in [6.07, 6.45) is -0.438. The molecule has 0 aromatic rings. The van der Waals surface area contributed by atoms with Crippen molar-refractivity contribution < 1.29 is 46.6 Å². The van der Waals surface area contributed by atoms with Crippen LogP contribution in [0.5, 0.6) is 0 Å². The molecule has 0 rings (SSSR count). The van der Waals surface area contributed by atoms with Gasteiger partial charge >= 0.3 is 251 Å². The zero-order valence-corrected chi connectivity index (χ0v) is 29.8. The summed E-state index contributed by atoms with van der Waals surface area (Å²) < 4.78 is 1.62.